The van der Waals surface area contributed by atoms with Crippen molar-refractivity contribution in [2.24, 2.45) is 10.4 Å². The number of hydrogen-bond acceptors (Lipinski definition) is 2. The summed E-state index contributed by atoms with van der Waals surface area (Å²) in [7, 11) is 3.80. The molecule has 0 saturated carbocycles. The van der Waals surface area contributed by atoms with Crippen molar-refractivity contribution in [1.82, 2.24) is 15.5 Å². The van der Waals surface area contributed by atoms with Gasteiger partial charge in [-0.15, -0.1) is 0 Å². The topological polar surface area (TPSA) is 56.7 Å². The minimum Gasteiger partial charge on any atom is -0.354 e. The van der Waals surface area contributed by atoms with E-state index in [-0.39, 0.29) is 11.3 Å². The van der Waals surface area contributed by atoms with Crippen LogP contribution in [0.25, 0.3) is 0 Å². The van der Waals surface area contributed by atoms with E-state index in [1.165, 1.54) is 6.42 Å². The van der Waals surface area contributed by atoms with Gasteiger partial charge in [-0.2, -0.15) is 0 Å². The molecule has 5 heteroatoms. The van der Waals surface area contributed by atoms with Crippen molar-refractivity contribution in [3.63, 3.8) is 0 Å². The lowest BCUT2D eigenvalue weighted by Crippen LogP contribution is -2.44. The highest BCUT2D eigenvalue weighted by Crippen LogP contribution is 2.11. The zero-order valence-corrected chi connectivity index (χ0v) is 13.3. The summed E-state index contributed by atoms with van der Waals surface area (Å²) in [4.78, 5) is 18.0. The summed E-state index contributed by atoms with van der Waals surface area (Å²) in [6.07, 6.45) is 2.32. The van der Waals surface area contributed by atoms with E-state index < -0.39 is 0 Å². The molecule has 0 heterocycles. The molecule has 0 rings (SSSR count). The molecule has 0 aliphatic rings. The number of hydrogen-bond donors (Lipinski definition) is 2. The van der Waals surface area contributed by atoms with Gasteiger partial charge >= 0.3 is 0 Å². The Labute approximate surface area is 117 Å². The highest BCUT2D eigenvalue weighted by Gasteiger charge is 2.20. The molecule has 0 unspecified atom stereocenters. The third-order valence-corrected chi connectivity index (χ3v) is 2.80. The van der Waals surface area contributed by atoms with Crippen LogP contribution >= 0.6 is 0 Å². The largest absolute Gasteiger partial charge is 0.354 e. The lowest BCUT2D eigenvalue weighted by molar-refractivity contribution is -0.128. The summed E-state index contributed by atoms with van der Waals surface area (Å²) in [5, 5.41) is 6.16. The average molecular weight is 270 g/mol. The first kappa shape index (κ1) is 17.7. The first-order valence-electron chi connectivity index (χ1n) is 7.03. The number of guanidine groups is 1. The molecule has 0 aliphatic heterocycles. The number of nitrogens with one attached hydrogen (secondary N) is 2. The number of aliphatic imine (C=N–C) groups is 1. The number of amides is 1. The molecule has 0 aromatic heterocycles. The van der Waals surface area contributed by atoms with Crippen LogP contribution < -0.4 is 10.6 Å². The summed E-state index contributed by atoms with van der Waals surface area (Å²) < 4.78 is 0. The lowest BCUT2D eigenvalue weighted by atomic mass is 9.96. The van der Waals surface area contributed by atoms with E-state index in [1.54, 1.807) is 7.05 Å². The summed E-state index contributed by atoms with van der Waals surface area (Å²) in [5.74, 6) is 0.946. The average Bonchev–Trinajstić information content (AvgIpc) is 2.34. The molecule has 112 valence electrons. The van der Waals surface area contributed by atoms with Gasteiger partial charge in [0.25, 0.3) is 0 Å². The van der Waals surface area contributed by atoms with Gasteiger partial charge in [0.1, 0.15) is 0 Å². The fraction of sp³-hybridized carbons (Fsp3) is 0.857. The third-order valence-electron chi connectivity index (χ3n) is 2.80. The van der Waals surface area contributed by atoms with Crippen LogP contribution in [-0.2, 0) is 4.79 Å². The molecule has 1 amide bonds. The fourth-order valence-corrected chi connectivity index (χ4v) is 1.50. The molecular weight excluding hydrogens is 240 g/mol. The zero-order valence-electron chi connectivity index (χ0n) is 13.3. The van der Waals surface area contributed by atoms with Crippen LogP contribution in [0.1, 0.15) is 40.5 Å². The summed E-state index contributed by atoms with van der Waals surface area (Å²) in [6.45, 7) is 10.2. The zero-order chi connectivity index (χ0) is 14.9. The Bertz CT molecular complexity index is 294. The number of rotatable bonds is 6. The summed E-state index contributed by atoms with van der Waals surface area (Å²) in [6, 6.07) is 0. The molecule has 2 N–H and O–H groups in total. The van der Waals surface area contributed by atoms with E-state index in [4.69, 9.17) is 0 Å². The Kier molecular flexibility index (Phi) is 8.19. The van der Waals surface area contributed by atoms with E-state index in [9.17, 15) is 4.79 Å². The maximum absolute atomic E-state index is 11.7. The minimum atomic E-state index is -0.334. The first-order valence-corrected chi connectivity index (χ1v) is 7.03. The molecule has 0 aromatic rings. The Morgan fingerprint density at radius 1 is 1.21 bits per heavy atom. The molecule has 0 aliphatic carbocycles. The van der Waals surface area contributed by atoms with Crippen molar-refractivity contribution < 1.29 is 4.79 Å². The van der Waals surface area contributed by atoms with Crippen LogP contribution in [0.2, 0.25) is 0 Å². The highest BCUT2D eigenvalue weighted by molar-refractivity contribution is 5.81. The number of nitrogens with zero attached hydrogens (tertiary/aromatic N) is 2. The minimum absolute atomic E-state index is 0.0728. The number of unbranched alkanes of at least 4 members (excludes halogenated alkanes) is 1. The van der Waals surface area contributed by atoms with Crippen molar-refractivity contribution in [1.29, 1.82) is 0 Å². The Hall–Kier alpha value is -1.26. The van der Waals surface area contributed by atoms with E-state index >= 15 is 0 Å². The van der Waals surface area contributed by atoms with Gasteiger partial charge in [0.15, 0.2) is 5.96 Å². The molecule has 0 spiro atoms. The van der Waals surface area contributed by atoms with Crippen LogP contribution in [0.5, 0.6) is 0 Å². The number of carbonyl (C=O) groups excluding carboxylic acids is 1. The van der Waals surface area contributed by atoms with Gasteiger partial charge in [0, 0.05) is 39.1 Å². The number of carbonyl (C=O) groups is 1. The van der Waals surface area contributed by atoms with Gasteiger partial charge in [-0.1, -0.05) is 34.1 Å². The van der Waals surface area contributed by atoms with Gasteiger partial charge in [-0.25, -0.2) is 0 Å². The molecule has 0 radical (unpaired) electrons. The van der Waals surface area contributed by atoms with Crippen LogP contribution in [0.3, 0.4) is 0 Å². The first-order chi connectivity index (χ1) is 8.82. The van der Waals surface area contributed by atoms with Gasteiger partial charge < -0.3 is 15.5 Å². The molecular formula is C14H30N4O. The lowest BCUT2D eigenvalue weighted by Gasteiger charge is -2.22. The van der Waals surface area contributed by atoms with E-state index in [0.29, 0.717) is 13.1 Å². The Morgan fingerprint density at radius 2 is 1.79 bits per heavy atom. The Balaban J connectivity index is 3.95. The van der Waals surface area contributed by atoms with Gasteiger partial charge in [-0.05, 0) is 6.42 Å². The quantitative estimate of drug-likeness (QED) is 0.436. The molecule has 0 bridgehead atoms. The van der Waals surface area contributed by atoms with Crippen molar-refractivity contribution in [3.05, 3.63) is 0 Å². The van der Waals surface area contributed by atoms with Crippen molar-refractivity contribution in [3.8, 4) is 0 Å². The maximum Gasteiger partial charge on any atom is 0.225 e. The second kappa shape index (κ2) is 8.77. The predicted octanol–water partition coefficient (Wildman–Crippen LogP) is 1.46. The highest BCUT2D eigenvalue weighted by atomic mass is 16.2. The Morgan fingerprint density at radius 3 is 2.26 bits per heavy atom. The SMILES string of the molecule is CCCCN(C)C(=NC)NCCNC(=O)C(C)(C)C. The maximum atomic E-state index is 11.7. The monoisotopic (exact) mass is 270 g/mol. The summed E-state index contributed by atoms with van der Waals surface area (Å²) in [5.41, 5.74) is -0.334. The molecule has 5 nitrogen and oxygen atoms in total. The summed E-state index contributed by atoms with van der Waals surface area (Å²) >= 11 is 0. The fourth-order valence-electron chi connectivity index (χ4n) is 1.50. The van der Waals surface area contributed by atoms with Gasteiger partial charge in [0.2, 0.25) is 5.91 Å². The predicted molar refractivity (Wildman–Crippen MR) is 81.4 cm³/mol. The van der Waals surface area contributed by atoms with Crippen molar-refractivity contribution in [2.45, 2.75) is 40.5 Å². The molecule has 0 atom stereocenters. The van der Waals surface area contributed by atoms with Crippen LogP contribution in [-0.4, -0.2) is 50.5 Å². The molecule has 0 aromatic carbocycles. The van der Waals surface area contributed by atoms with Crippen molar-refractivity contribution >= 4 is 11.9 Å². The molecule has 19 heavy (non-hydrogen) atoms. The smallest absolute Gasteiger partial charge is 0.225 e. The van der Waals surface area contributed by atoms with E-state index in [1.807, 2.05) is 27.8 Å². The second-order valence-electron chi connectivity index (χ2n) is 5.75. The molecule has 0 saturated heterocycles. The van der Waals surface area contributed by atoms with Crippen LogP contribution in [0, 0.1) is 5.41 Å². The van der Waals surface area contributed by atoms with Gasteiger partial charge in [0.05, 0.1) is 0 Å². The normalized spacial score (nSPS) is 12.2. The standard InChI is InChI=1S/C14H30N4O/c1-7-8-11-18(6)13(15-5)17-10-9-16-12(19)14(2,3)4/h7-11H2,1-6H3,(H,15,17)(H,16,19). The molecule has 0 fully saturated rings. The van der Waals surface area contributed by atoms with Crippen LogP contribution in [0.4, 0.5) is 0 Å². The third kappa shape index (κ3) is 7.70. The van der Waals surface area contributed by atoms with E-state index in [0.717, 1.165) is 18.9 Å². The van der Waals surface area contributed by atoms with E-state index in [2.05, 4.69) is 27.4 Å². The van der Waals surface area contributed by atoms with Crippen molar-refractivity contribution in [2.75, 3.05) is 33.7 Å². The van der Waals surface area contributed by atoms with Crippen LogP contribution in [0.15, 0.2) is 4.99 Å². The van der Waals surface area contributed by atoms with Gasteiger partial charge in [-0.3, -0.25) is 9.79 Å². The second-order valence-corrected chi connectivity index (χ2v) is 5.75.